The van der Waals surface area contributed by atoms with Crippen LogP contribution in [0.1, 0.15) is 27.7 Å². The van der Waals surface area contributed by atoms with Gasteiger partial charge in [-0.1, -0.05) is 32.1 Å². The zero-order chi connectivity index (χ0) is 15.6. The molecule has 0 radical (unpaired) electrons. The summed E-state index contributed by atoms with van der Waals surface area (Å²) in [6.45, 7) is 8.36. The molecule has 1 aromatic carbocycles. The first-order valence-electron chi connectivity index (χ1n) is 6.91. The zero-order valence-corrected chi connectivity index (χ0v) is 13.6. The standard InChI is InChI=1S/C15H21N3O2S/c1-5-20-9-6-7-10-11(8-9)21-14(17-10)18-13(19)12(16)15(2,3)4/h6-8,12H,5,16H2,1-4H3,(H,17,18,19). The summed E-state index contributed by atoms with van der Waals surface area (Å²) in [7, 11) is 0. The minimum atomic E-state index is -0.580. The van der Waals surface area contributed by atoms with Crippen LogP contribution in [0, 0.1) is 5.41 Å². The van der Waals surface area contributed by atoms with Gasteiger partial charge < -0.3 is 15.8 Å². The number of thiazole rings is 1. The summed E-state index contributed by atoms with van der Waals surface area (Å²) < 4.78 is 6.43. The highest BCUT2D eigenvalue weighted by Gasteiger charge is 2.28. The van der Waals surface area contributed by atoms with Gasteiger partial charge in [-0.2, -0.15) is 0 Å². The van der Waals surface area contributed by atoms with Crippen molar-refractivity contribution in [1.82, 2.24) is 4.98 Å². The number of benzene rings is 1. The van der Waals surface area contributed by atoms with Gasteiger partial charge in [0.05, 0.1) is 22.9 Å². The minimum absolute atomic E-state index is 0.216. The Labute approximate surface area is 128 Å². The number of carbonyl (C=O) groups is 1. The van der Waals surface area contributed by atoms with Crippen LogP contribution in [0.5, 0.6) is 5.75 Å². The second kappa shape index (κ2) is 5.99. The average Bonchev–Trinajstić information content (AvgIpc) is 2.78. The average molecular weight is 307 g/mol. The number of anilines is 1. The van der Waals surface area contributed by atoms with Gasteiger partial charge in [0.25, 0.3) is 0 Å². The molecule has 0 bridgehead atoms. The fourth-order valence-electron chi connectivity index (χ4n) is 1.79. The molecule has 114 valence electrons. The molecular formula is C15H21N3O2S. The number of nitrogens with two attached hydrogens (primary N) is 1. The summed E-state index contributed by atoms with van der Waals surface area (Å²) in [5.74, 6) is 0.588. The summed E-state index contributed by atoms with van der Waals surface area (Å²) in [5, 5.41) is 3.35. The topological polar surface area (TPSA) is 77.2 Å². The molecule has 0 aliphatic carbocycles. The number of amides is 1. The molecule has 21 heavy (non-hydrogen) atoms. The van der Waals surface area contributed by atoms with Gasteiger partial charge in [0, 0.05) is 0 Å². The van der Waals surface area contributed by atoms with Gasteiger partial charge >= 0.3 is 0 Å². The van der Waals surface area contributed by atoms with Crippen molar-refractivity contribution < 1.29 is 9.53 Å². The Kier molecular flexibility index (Phi) is 4.49. The molecule has 1 atom stereocenters. The van der Waals surface area contributed by atoms with Crippen LogP contribution in [0.3, 0.4) is 0 Å². The summed E-state index contributed by atoms with van der Waals surface area (Å²) in [6, 6.07) is 5.10. The number of carbonyl (C=O) groups excluding carboxylic acids is 1. The van der Waals surface area contributed by atoms with Gasteiger partial charge in [-0.15, -0.1) is 0 Å². The molecule has 0 aliphatic rings. The predicted molar refractivity (Wildman–Crippen MR) is 86.8 cm³/mol. The third-order valence-corrected chi connectivity index (χ3v) is 4.05. The maximum Gasteiger partial charge on any atom is 0.243 e. The summed E-state index contributed by atoms with van der Waals surface area (Å²) in [5.41, 5.74) is 6.49. The number of aromatic nitrogens is 1. The van der Waals surface area contributed by atoms with Crippen LogP contribution in [0.25, 0.3) is 10.2 Å². The minimum Gasteiger partial charge on any atom is -0.494 e. The quantitative estimate of drug-likeness (QED) is 0.910. The van der Waals surface area contributed by atoms with Crippen molar-refractivity contribution in [3.8, 4) is 5.75 Å². The van der Waals surface area contributed by atoms with E-state index in [0.29, 0.717) is 11.7 Å². The predicted octanol–water partition coefficient (Wildman–Crippen LogP) is 3.01. The largest absolute Gasteiger partial charge is 0.494 e. The Hall–Kier alpha value is -1.66. The summed E-state index contributed by atoms with van der Waals surface area (Å²) in [6.07, 6.45) is 0. The van der Waals surface area contributed by atoms with E-state index in [9.17, 15) is 4.79 Å². The monoisotopic (exact) mass is 307 g/mol. The van der Waals surface area contributed by atoms with Crippen molar-refractivity contribution in [2.24, 2.45) is 11.1 Å². The molecule has 3 N–H and O–H groups in total. The van der Waals surface area contributed by atoms with Crippen LogP contribution in [0.2, 0.25) is 0 Å². The van der Waals surface area contributed by atoms with Gasteiger partial charge in [0.15, 0.2) is 5.13 Å². The van der Waals surface area contributed by atoms with Gasteiger partial charge in [-0.05, 0) is 30.5 Å². The number of hydrogen-bond donors (Lipinski definition) is 2. The van der Waals surface area contributed by atoms with Crippen molar-refractivity contribution >= 4 is 32.6 Å². The molecule has 0 spiro atoms. The van der Waals surface area contributed by atoms with E-state index in [4.69, 9.17) is 10.5 Å². The number of nitrogens with zero attached hydrogens (tertiary/aromatic N) is 1. The lowest BCUT2D eigenvalue weighted by Crippen LogP contribution is -2.45. The molecule has 1 unspecified atom stereocenters. The molecule has 1 amide bonds. The van der Waals surface area contributed by atoms with Crippen LogP contribution in [0.4, 0.5) is 5.13 Å². The first kappa shape index (κ1) is 15.7. The molecule has 2 rings (SSSR count). The van der Waals surface area contributed by atoms with Crippen molar-refractivity contribution in [2.75, 3.05) is 11.9 Å². The van der Waals surface area contributed by atoms with E-state index in [-0.39, 0.29) is 11.3 Å². The van der Waals surface area contributed by atoms with E-state index < -0.39 is 6.04 Å². The third kappa shape index (κ3) is 3.71. The van der Waals surface area contributed by atoms with E-state index in [0.717, 1.165) is 16.0 Å². The van der Waals surface area contributed by atoms with Crippen LogP contribution in [-0.4, -0.2) is 23.5 Å². The van der Waals surface area contributed by atoms with Gasteiger partial charge in [-0.25, -0.2) is 4.98 Å². The fraction of sp³-hybridized carbons (Fsp3) is 0.467. The zero-order valence-electron chi connectivity index (χ0n) is 12.8. The number of ether oxygens (including phenoxy) is 1. The number of rotatable bonds is 4. The molecule has 2 aromatic rings. The number of nitrogens with one attached hydrogen (secondary N) is 1. The lowest BCUT2D eigenvalue weighted by Gasteiger charge is -2.25. The molecule has 0 fully saturated rings. The second-order valence-corrected chi connectivity index (χ2v) is 6.95. The lowest BCUT2D eigenvalue weighted by atomic mass is 9.87. The van der Waals surface area contributed by atoms with Crippen LogP contribution >= 0.6 is 11.3 Å². The Morgan fingerprint density at radius 2 is 2.19 bits per heavy atom. The first-order valence-corrected chi connectivity index (χ1v) is 7.72. The maximum atomic E-state index is 12.1. The van der Waals surface area contributed by atoms with Crippen LogP contribution in [-0.2, 0) is 4.79 Å². The molecule has 0 saturated carbocycles. The highest BCUT2D eigenvalue weighted by atomic mass is 32.1. The number of hydrogen-bond acceptors (Lipinski definition) is 5. The molecule has 0 saturated heterocycles. The smallest absolute Gasteiger partial charge is 0.243 e. The van der Waals surface area contributed by atoms with E-state index in [2.05, 4.69) is 10.3 Å². The first-order chi connectivity index (χ1) is 9.81. The second-order valence-electron chi connectivity index (χ2n) is 5.91. The SMILES string of the molecule is CCOc1ccc2nc(NC(=O)C(N)C(C)(C)C)sc2c1. The van der Waals surface area contributed by atoms with E-state index >= 15 is 0 Å². The maximum absolute atomic E-state index is 12.1. The fourth-order valence-corrected chi connectivity index (χ4v) is 2.69. The Morgan fingerprint density at radius 3 is 2.81 bits per heavy atom. The van der Waals surface area contributed by atoms with Crippen molar-refractivity contribution in [1.29, 1.82) is 0 Å². The van der Waals surface area contributed by atoms with Crippen LogP contribution < -0.4 is 15.8 Å². The summed E-state index contributed by atoms with van der Waals surface area (Å²) in [4.78, 5) is 16.5. The normalized spacial score (nSPS) is 13.2. The molecule has 1 aromatic heterocycles. The third-order valence-electron chi connectivity index (χ3n) is 3.12. The number of fused-ring (bicyclic) bond motifs is 1. The van der Waals surface area contributed by atoms with Gasteiger partial charge in [-0.3, -0.25) is 4.79 Å². The lowest BCUT2D eigenvalue weighted by molar-refractivity contribution is -0.119. The molecule has 1 heterocycles. The van der Waals surface area contributed by atoms with Gasteiger partial charge in [0.2, 0.25) is 5.91 Å². The molecule has 5 nitrogen and oxygen atoms in total. The molecule has 6 heteroatoms. The molecule has 0 aliphatic heterocycles. The van der Waals surface area contributed by atoms with E-state index in [1.165, 1.54) is 11.3 Å². The Balaban J connectivity index is 2.18. The van der Waals surface area contributed by atoms with E-state index in [1.54, 1.807) is 0 Å². The van der Waals surface area contributed by atoms with Crippen molar-refractivity contribution in [3.05, 3.63) is 18.2 Å². The summed E-state index contributed by atoms with van der Waals surface area (Å²) >= 11 is 1.42. The van der Waals surface area contributed by atoms with Gasteiger partial charge in [0.1, 0.15) is 5.75 Å². The highest BCUT2D eigenvalue weighted by Crippen LogP contribution is 2.29. The van der Waals surface area contributed by atoms with Crippen molar-refractivity contribution in [3.63, 3.8) is 0 Å². The highest BCUT2D eigenvalue weighted by molar-refractivity contribution is 7.22. The Morgan fingerprint density at radius 1 is 1.48 bits per heavy atom. The van der Waals surface area contributed by atoms with Crippen LogP contribution in [0.15, 0.2) is 18.2 Å². The van der Waals surface area contributed by atoms with E-state index in [1.807, 2.05) is 45.9 Å². The molecular weight excluding hydrogens is 286 g/mol. The van der Waals surface area contributed by atoms with Crippen molar-refractivity contribution in [2.45, 2.75) is 33.7 Å². The Bertz CT molecular complexity index is 646.